The van der Waals surface area contributed by atoms with Gasteiger partial charge in [-0.1, -0.05) is 0 Å². The molecule has 22 heavy (non-hydrogen) atoms. The molecule has 0 bridgehead atoms. The zero-order chi connectivity index (χ0) is 15.4. The third-order valence-electron chi connectivity index (χ3n) is 3.63. The Morgan fingerprint density at radius 3 is 2.95 bits per heavy atom. The van der Waals surface area contributed by atoms with E-state index in [9.17, 15) is 9.59 Å². The van der Waals surface area contributed by atoms with Crippen molar-refractivity contribution in [3.8, 4) is 0 Å². The molecule has 1 fully saturated rings. The molecule has 2 N–H and O–H groups in total. The van der Waals surface area contributed by atoms with Crippen molar-refractivity contribution in [1.29, 1.82) is 0 Å². The minimum absolute atomic E-state index is 0.185. The van der Waals surface area contributed by atoms with Crippen LogP contribution >= 0.6 is 0 Å². The second kappa shape index (κ2) is 6.57. The average molecular weight is 302 g/mol. The number of likely N-dealkylation sites (tertiary alicyclic amines) is 1. The van der Waals surface area contributed by atoms with E-state index < -0.39 is 0 Å². The molecule has 0 aromatic carbocycles. The number of furan rings is 1. The van der Waals surface area contributed by atoms with E-state index in [1.165, 1.54) is 25.2 Å². The van der Waals surface area contributed by atoms with E-state index in [4.69, 9.17) is 4.42 Å². The predicted molar refractivity (Wildman–Crippen MR) is 79.2 cm³/mol. The Kier molecular flexibility index (Phi) is 4.34. The summed E-state index contributed by atoms with van der Waals surface area (Å²) < 4.78 is 5.58. The topological polar surface area (TPSA) is 91.2 Å². The van der Waals surface area contributed by atoms with Gasteiger partial charge in [-0.25, -0.2) is 4.98 Å². The monoisotopic (exact) mass is 302 g/mol. The molecule has 2 aromatic heterocycles. The molecule has 1 saturated heterocycles. The summed E-state index contributed by atoms with van der Waals surface area (Å²) in [5.74, 6) is 0.759. The van der Waals surface area contributed by atoms with E-state index in [1.807, 2.05) is 6.07 Å². The van der Waals surface area contributed by atoms with Crippen LogP contribution in [0.2, 0.25) is 0 Å². The second-order valence-corrected chi connectivity index (χ2v) is 5.33. The molecule has 7 nitrogen and oxygen atoms in total. The van der Waals surface area contributed by atoms with E-state index in [-0.39, 0.29) is 23.8 Å². The molecule has 0 saturated carbocycles. The van der Waals surface area contributed by atoms with Crippen LogP contribution in [0.1, 0.15) is 34.9 Å². The number of hydrogen-bond donors (Lipinski definition) is 2. The third kappa shape index (κ3) is 3.62. The first kappa shape index (κ1) is 14.5. The maximum absolute atomic E-state index is 12.0. The summed E-state index contributed by atoms with van der Waals surface area (Å²) in [5, 5.41) is 2.69. The van der Waals surface area contributed by atoms with Gasteiger partial charge in [0.25, 0.3) is 11.5 Å². The molecule has 1 amide bonds. The fourth-order valence-corrected chi connectivity index (χ4v) is 2.51. The van der Waals surface area contributed by atoms with Crippen molar-refractivity contribution in [2.75, 3.05) is 13.1 Å². The Morgan fingerprint density at radius 2 is 2.18 bits per heavy atom. The van der Waals surface area contributed by atoms with Crippen molar-refractivity contribution in [2.45, 2.75) is 25.9 Å². The molecule has 2 aromatic rings. The van der Waals surface area contributed by atoms with Gasteiger partial charge in [-0.3, -0.25) is 14.5 Å². The zero-order valence-corrected chi connectivity index (χ0v) is 12.2. The van der Waals surface area contributed by atoms with Crippen LogP contribution < -0.4 is 10.9 Å². The van der Waals surface area contributed by atoms with Crippen LogP contribution in [-0.2, 0) is 13.1 Å². The number of H-pyrrole nitrogens is 1. The first-order chi connectivity index (χ1) is 10.7. The summed E-state index contributed by atoms with van der Waals surface area (Å²) in [7, 11) is 0. The molecule has 1 aliphatic rings. The number of carbonyl (C=O) groups excluding carboxylic acids is 1. The van der Waals surface area contributed by atoms with Gasteiger partial charge in [-0.2, -0.15) is 0 Å². The van der Waals surface area contributed by atoms with Gasteiger partial charge in [0.1, 0.15) is 5.76 Å². The van der Waals surface area contributed by atoms with Crippen LogP contribution in [0.5, 0.6) is 0 Å². The van der Waals surface area contributed by atoms with Crippen LogP contribution in [0.3, 0.4) is 0 Å². The first-order valence-electron chi connectivity index (χ1n) is 7.33. The fraction of sp³-hybridized carbons (Fsp3) is 0.400. The SMILES string of the molecule is O=C(NCc1cc(=O)[nH]cn1)c1ccc(CN2CCCC2)o1. The van der Waals surface area contributed by atoms with Crippen molar-refractivity contribution in [3.05, 3.63) is 52.1 Å². The molecule has 7 heteroatoms. The van der Waals surface area contributed by atoms with Crippen molar-refractivity contribution >= 4 is 5.91 Å². The Morgan fingerprint density at radius 1 is 1.36 bits per heavy atom. The lowest BCUT2D eigenvalue weighted by Crippen LogP contribution is -2.24. The smallest absolute Gasteiger partial charge is 0.287 e. The number of nitrogens with zero attached hydrogens (tertiary/aromatic N) is 2. The highest BCUT2D eigenvalue weighted by atomic mass is 16.4. The van der Waals surface area contributed by atoms with Crippen molar-refractivity contribution in [2.24, 2.45) is 0 Å². The van der Waals surface area contributed by atoms with E-state index in [1.54, 1.807) is 6.07 Å². The van der Waals surface area contributed by atoms with E-state index in [0.717, 1.165) is 25.4 Å². The highest BCUT2D eigenvalue weighted by molar-refractivity contribution is 5.91. The van der Waals surface area contributed by atoms with Crippen LogP contribution in [0, 0.1) is 0 Å². The summed E-state index contributed by atoms with van der Waals surface area (Å²) in [6.07, 6.45) is 3.75. The van der Waals surface area contributed by atoms with Gasteiger partial charge >= 0.3 is 0 Å². The number of aromatic nitrogens is 2. The Balaban J connectivity index is 1.55. The van der Waals surface area contributed by atoms with Crippen molar-refractivity contribution in [1.82, 2.24) is 20.2 Å². The normalized spacial score (nSPS) is 15.1. The van der Waals surface area contributed by atoms with E-state index in [0.29, 0.717) is 5.69 Å². The molecule has 1 aliphatic heterocycles. The highest BCUT2D eigenvalue weighted by Gasteiger charge is 2.16. The summed E-state index contributed by atoms with van der Waals surface area (Å²) in [4.78, 5) is 31.9. The van der Waals surface area contributed by atoms with Crippen molar-refractivity contribution in [3.63, 3.8) is 0 Å². The molecule has 3 heterocycles. The molecule has 0 aliphatic carbocycles. The summed E-state index contributed by atoms with van der Waals surface area (Å²) in [6.45, 7) is 3.08. The number of carbonyl (C=O) groups is 1. The van der Waals surface area contributed by atoms with Gasteiger partial charge in [-0.05, 0) is 38.1 Å². The van der Waals surface area contributed by atoms with E-state index >= 15 is 0 Å². The molecular weight excluding hydrogens is 284 g/mol. The quantitative estimate of drug-likeness (QED) is 0.856. The summed E-state index contributed by atoms with van der Waals surface area (Å²) in [5.41, 5.74) is 0.256. The minimum atomic E-state index is -0.310. The Bertz CT molecular complexity index is 701. The lowest BCUT2D eigenvalue weighted by Gasteiger charge is -2.11. The van der Waals surface area contributed by atoms with Gasteiger partial charge in [-0.15, -0.1) is 0 Å². The molecular formula is C15H18N4O3. The van der Waals surface area contributed by atoms with Crippen LogP contribution in [0.25, 0.3) is 0 Å². The van der Waals surface area contributed by atoms with Gasteiger partial charge in [0.05, 0.1) is 25.1 Å². The molecule has 0 atom stereocenters. The first-order valence-corrected chi connectivity index (χ1v) is 7.33. The Labute approximate surface area is 127 Å². The minimum Gasteiger partial charge on any atom is -0.455 e. The highest BCUT2D eigenvalue weighted by Crippen LogP contribution is 2.15. The number of nitrogens with one attached hydrogen (secondary N) is 2. The standard InChI is InChI=1S/C15H18N4O3/c20-14-7-11(17-10-18-14)8-16-15(21)13-4-3-12(22-13)9-19-5-1-2-6-19/h3-4,7,10H,1-2,5-6,8-9H2,(H,16,21)(H,17,18,20). The maximum Gasteiger partial charge on any atom is 0.287 e. The van der Waals surface area contributed by atoms with Crippen molar-refractivity contribution < 1.29 is 9.21 Å². The fourth-order valence-electron chi connectivity index (χ4n) is 2.51. The number of rotatable bonds is 5. The summed E-state index contributed by atoms with van der Waals surface area (Å²) in [6, 6.07) is 4.85. The van der Waals surface area contributed by atoms with Crippen LogP contribution in [0.4, 0.5) is 0 Å². The van der Waals surface area contributed by atoms with Crippen LogP contribution in [0.15, 0.2) is 33.7 Å². The van der Waals surface area contributed by atoms with Gasteiger partial charge in [0.15, 0.2) is 5.76 Å². The average Bonchev–Trinajstić information content (AvgIpc) is 3.17. The lowest BCUT2D eigenvalue weighted by atomic mass is 10.3. The second-order valence-electron chi connectivity index (χ2n) is 5.33. The molecule has 0 unspecified atom stereocenters. The third-order valence-corrected chi connectivity index (χ3v) is 3.63. The molecule has 0 radical (unpaired) electrons. The zero-order valence-electron chi connectivity index (χ0n) is 12.2. The predicted octanol–water partition coefficient (Wildman–Crippen LogP) is 0.889. The number of aromatic amines is 1. The summed E-state index contributed by atoms with van der Waals surface area (Å²) >= 11 is 0. The molecule has 116 valence electrons. The maximum atomic E-state index is 12.0. The molecule has 0 spiro atoms. The van der Waals surface area contributed by atoms with Crippen LogP contribution in [-0.4, -0.2) is 33.9 Å². The lowest BCUT2D eigenvalue weighted by molar-refractivity contribution is 0.0919. The molecule has 3 rings (SSSR count). The number of hydrogen-bond acceptors (Lipinski definition) is 5. The van der Waals surface area contributed by atoms with Gasteiger partial charge in [0, 0.05) is 6.07 Å². The van der Waals surface area contributed by atoms with Gasteiger partial charge in [0.2, 0.25) is 0 Å². The Hall–Kier alpha value is -2.41. The van der Waals surface area contributed by atoms with E-state index in [2.05, 4.69) is 20.2 Å². The number of amides is 1. The van der Waals surface area contributed by atoms with Gasteiger partial charge < -0.3 is 14.7 Å². The largest absolute Gasteiger partial charge is 0.455 e.